The summed E-state index contributed by atoms with van der Waals surface area (Å²) in [7, 11) is 0. The van der Waals surface area contributed by atoms with Gasteiger partial charge in [0.1, 0.15) is 18.1 Å². The van der Waals surface area contributed by atoms with E-state index in [1.807, 2.05) is 0 Å². The van der Waals surface area contributed by atoms with Crippen molar-refractivity contribution in [2.75, 3.05) is 6.54 Å². The number of carbonyl (C=O) groups excluding carboxylic acids is 3. The van der Waals surface area contributed by atoms with Crippen molar-refractivity contribution in [3.63, 3.8) is 0 Å². The van der Waals surface area contributed by atoms with E-state index in [0.717, 1.165) is 6.42 Å². The van der Waals surface area contributed by atoms with Crippen LogP contribution in [0.1, 0.15) is 59.3 Å². The van der Waals surface area contributed by atoms with Crippen molar-refractivity contribution in [3.05, 3.63) is 0 Å². The van der Waals surface area contributed by atoms with Crippen molar-refractivity contribution in [1.82, 2.24) is 16.0 Å². The topological polar surface area (TPSA) is 214 Å². The van der Waals surface area contributed by atoms with Crippen LogP contribution in [0.5, 0.6) is 0 Å². The molecule has 5 atom stereocenters. The van der Waals surface area contributed by atoms with Crippen LogP contribution in [-0.2, 0) is 24.0 Å². The third-order valence-electron chi connectivity index (χ3n) is 5.11. The van der Waals surface area contributed by atoms with Crippen LogP contribution in [0.25, 0.3) is 0 Å². The minimum absolute atomic E-state index is 0.300. The molecular formula is C20H37N5O7. The maximum atomic E-state index is 12.7. The van der Waals surface area contributed by atoms with Crippen molar-refractivity contribution < 1.29 is 34.2 Å². The van der Waals surface area contributed by atoms with Gasteiger partial charge in [0.2, 0.25) is 17.7 Å². The highest BCUT2D eigenvalue weighted by Gasteiger charge is 2.31. The van der Waals surface area contributed by atoms with Crippen molar-refractivity contribution in [3.8, 4) is 0 Å². The fourth-order valence-electron chi connectivity index (χ4n) is 2.79. The van der Waals surface area contributed by atoms with Crippen LogP contribution in [0.2, 0.25) is 0 Å². The van der Waals surface area contributed by atoms with Gasteiger partial charge in [0, 0.05) is 6.42 Å². The van der Waals surface area contributed by atoms with Crippen LogP contribution in [0.15, 0.2) is 0 Å². The number of unbranched alkanes of at least 4 members (excludes halogenated alkanes) is 1. The van der Waals surface area contributed by atoms with Gasteiger partial charge in [0.25, 0.3) is 0 Å². The summed E-state index contributed by atoms with van der Waals surface area (Å²) in [4.78, 5) is 59.5. The van der Waals surface area contributed by atoms with Crippen LogP contribution in [-0.4, -0.2) is 70.6 Å². The Morgan fingerprint density at radius 2 is 1.50 bits per heavy atom. The van der Waals surface area contributed by atoms with Gasteiger partial charge in [0.15, 0.2) is 0 Å². The van der Waals surface area contributed by atoms with Gasteiger partial charge < -0.3 is 37.6 Å². The van der Waals surface area contributed by atoms with Crippen molar-refractivity contribution in [2.24, 2.45) is 17.4 Å². The summed E-state index contributed by atoms with van der Waals surface area (Å²) < 4.78 is 0. The predicted octanol–water partition coefficient (Wildman–Crippen LogP) is -1.09. The Morgan fingerprint density at radius 3 is 2.00 bits per heavy atom. The van der Waals surface area contributed by atoms with E-state index in [1.165, 1.54) is 6.92 Å². The normalized spacial score (nSPS) is 15.5. The summed E-state index contributed by atoms with van der Waals surface area (Å²) in [6, 6.07) is -4.26. The second kappa shape index (κ2) is 15.1. The van der Waals surface area contributed by atoms with Crippen LogP contribution in [0, 0.1) is 5.92 Å². The number of amides is 3. The fraction of sp³-hybridized carbons (Fsp3) is 0.750. The van der Waals surface area contributed by atoms with E-state index < -0.39 is 60.2 Å². The summed E-state index contributed by atoms with van der Waals surface area (Å²) >= 11 is 0. The average molecular weight is 460 g/mol. The minimum Gasteiger partial charge on any atom is -0.481 e. The molecule has 0 fully saturated rings. The van der Waals surface area contributed by atoms with Crippen molar-refractivity contribution in [2.45, 2.75) is 83.5 Å². The number of aliphatic carboxylic acids is 2. The number of hydrogen-bond donors (Lipinski definition) is 7. The Hall–Kier alpha value is -2.73. The zero-order valence-electron chi connectivity index (χ0n) is 18.9. The van der Waals surface area contributed by atoms with Crippen LogP contribution in [0.3, 0.4) is 0 Å². The summed E-state index contributed by atoms with van der Waals surface area (Å²) in [5.74, 6) is -4.81. The summed E-state index contributed by atoms with van der Waals surface area (Å²) in [5, 5.41) is 25.3. The molecule has 0 aliphatic carbocycles. The smallest absolute Gasteiger partial charge is 0.326 e. The van der Waals surface area contributed by atoms with E-state index in [9.17, 15) is 29.1 Å². The standard InChI is InChI=1S/C20H37N5O7/c1-4-11(2)16(19(30)24-14(20(31)32)8-9-15(26)27)25-17(28)12(3)23-18(29)13(22)7-5-6-10-21/h11-14,16H,4-10,21-22H2,1-3H3,(H,23,29)(H,24,30)(H,25,28)(H,26,27)(H,31,32). The number of hydrogen-bond acceptors (Lipinski definition) is 7. The molecule has 184 valence electrons. The molecule has 32 heavy (non-hydrogen) atoms. The monoisotopic (exact) mass is 459 g/mol. The highest BCUT2D eigenvalue weighted by molar-refractivity contribution is 5.94. The lowest BCUT2D eigenvalue weighted by Gasteiger charge is -2.27. The summed E-state index contributed by atoms with van der Waals surface area (Å²) in [5.41, 5.74) is 11.2. The van der Waals surface area contributed by atoms with E-state index >= 15 is 0 Å². The molecule has 9 N–H and O–H groups in total. The van der Waals surface area contributed by atoms with E-state index in [0.29, 0.717) is 25.8 Å². The quantitative estimate of drug-likeness (QED) is 0.139. The van der Waals surface area contributed by atoms with Gasteiger partial charge in [-0.05, 0) is 38.6 Å². The van der Waals surface area contributed by atoms with Crippen molar-refractivity contribution >= 4 is 29.7 Å². The van der Waals surface area contributed by atoms with E-state index in [-0.39, 0.29) is 12.3 Å². The largest absolute Gasteiger partial charge is 0.481 e. The highest BCUT2D eigenvalue weighted by atomic mass is 16.4. The molecule has 0 rings (SSSR count). The van der Waals surface area contributed by atoms with Gasteiger partial charge >= 0.3 is 11.9 Å². The van der Waals surface area contributed by atoms with Gasteiger partial charge in [0.05, 0.1) is 6.04 Å². The molecule has 0 saturated carbocycles. The van der Waals surface area contributed by atoms with Crippen LogP contribution < -0.4 is 27.4 Å². The Kier molecular flexibility index (Phi) is 13.8. The van der Waals surface area contributed by atoms with Gasteiger partial charge in [-0.25, -0.2) is 4.79 Å². The molecule has 0 aromatic heterocycles. The number of carboxylic acids is 2. The second-order valence-corrected chi connectivity index (χ2v) is 7.82. The molecule has 0 heterocycles. The number of carboxylic acid groups (broad SMARTS) is 2. The zero-order chi connectivity index (χ0) is 24.8. The van der Waals surface area contributed by atoms with Gasteiger partial charge in [-0.2, -0.15) is 0 Å². The number of carbonyl (C=O) groups is 5. The van der Waals surface area contributed by atoms with E-state index in [2.05, 4.69) is 16.0 Å². The Balaban J connectivity index is 5.08. The van der Waals surface area contributed by atoms with E-state index in [1.54, 1.807) is 13.8 Å². The second-order valence-electron chi connectivity index (χ2n) is 7.82. The average Bonchev–Trinajstić information content (AvgIpc) is 2.73. The molecule has 12 nitrogen and oxygen atoms in total. The minimum atomic E-state index is -1.41. The third kappa shape index (κ3) is 11.0. The molecule has 0 aromatic rings. The lowest BCUT2D eigenvalue weighted by atomic mass is 9.97. The molecule has 0 radical (unpaired) electrons. The third-order valence-corrected chi connectivity index (χ3v) is 5.11. The number of nitrogens with two attached hydrogens (primary N) is 2. The van der Waals surface area contributed by atoms with Crippen LogP contribution >= 0.6 is 0 Å². The first-order valence-corrected chi connectivity index (χ1v) is 10.8. The molecule has 12 heteroatoms. The lowest BCUT2D eigenvalue weighted by molar-refractivity contribution is -0.143. The first-order valence-electron chi connectivity index (χ1n) is 10.8. The number of rotatable bonds is 16. The lowest BCUT2D eigenvalue weighted by Crippen LogP contribution is -2.58. The molecule has 0 aliphatic heterocycles. The van der Waals surface area contributed by atoms with Crippen LogP contribution in [0.4, 0.5) is 0 Å². The van der Waals surface area contributed by atoms with Gasteiger partial charge in [-0.1, -0.05) is 26.7 Å². The maximum Gasteiger partial charge on any atom is 0.326 e. The van der Waals surface area contributed by atoms with Gasteiger partial charge in [-0.15, -0.1) is 0 Å². The molecule has 3 amide bonds. The molecule has 5 unspecified atom stereocenters. The molecule has 0 saturated heterocycles. The zero-order valence-corrected chi connectivity index (χ0v) is 18.9. The Bertz CT molecular complexity index is 658. The van der Waals surface area contributed by atoms with E-state index in [4.69, 9.17) is 16.6 Å². The first-order chi connectivity index (χ1) is 14.9. The van der Waals surface area contributed by atoms with Crippen molar-refractivity contribution in [1.29, 1.82) is 0 Å². The Labute approximate surface area is 187 Å². The SMILES string of the molecule is CCC(C)C(NC(=O)C(C)NC(=O)C(N)CCCCN)C(=O)NC(CCC(=O)O)C(=O)O. The maximum absolute atomic E-state index is 12.7. The molecule has 0 aromatic carbocycles. The molecule has 0 spiro atoms. The first kappa shape index (κ1) is 29.3. The summed E-state index contributed by atoms with van der Waals surface area (Å²) in [6.45, 7) is 5.43. The Morgan fingerprint density at radius 1 is 0.875 bits per heavy atom. The predicted molar refractivity (Wildman–Crippen MR) is 116 cm³/mol. The number of nitrogens with one attached hydrogen (secondary N) is 3. The molecule has 0 bridgehead atoms. The summed E-state index contributed by atoms with van der Waals surface area (Å²) in [6.07, 6.45) is 1.58. The molecular weight excluding hydrogens is 422 g/mol. The van der Waals surface area contributed by atoms with Gasteiger partial charge in [-0.3, -0.25) is 19.2 Å². The molecule has 0 aliphatic rings. The fourth-order valence-corrected chi connectivity index (χ4v) is 2.79. The highest BCUT2D eigenvalue weighted by Crippen LogP contribution is 2.10.